The van der Waals surface area contributed by atoms with E-state index in [1.54, 1.807) is 7.11 Å². The molecule has 1 aliphatic carbocycles. The fourth-order valence-corrected chi connectivity index (χ4v) is 1.62. The molecular weight excluding hydrogens is 216 g/mol. The van der Waals surface area contributed by atoms with E-state index in [4.69, 9.17) is 9.47 Å². The standard InChI is InChI=1S/C13H20N2O2/c1-10-3-6-13(17-8-7-16-2)12(15-10)9-14-11-4-5-11/h3,6,11,14H,4-5,7-9H2,1-2H3. The van der Waals surface area contributed by atoms with E-state index in [0.29, 0.717) is 19.3 Å². The van der Waals surface area contributed by atoms with Crippen LogP contribution in [0.5, 0.6) is 5.75 Å². The molecule has 0 unspecified atom stereocenters. The van der Waals surface area contributed by atoms with Gasteiger partial charge in [-0.2, -0.15) is 0 Å². The molecule has 1 fully saturated rings. The lowest BCUT2D eigenvalue weighted by atomic mass is 10.3. The van der Waals surface area contributed by atoms with Crippen LogP contribution in [0, 0.1) is 6.92 Å². The Kier molecular flexibility index (Phi) is 4.34. The fourth-order valence-electron chi connectivity index (χ4n) is 1.62. The number of rotatable bonds is 7. The van der Waals surface area contributed by atoms with Crippen LogP contribution in [0.2, 0.25) is 0 Å². The molecule has 4 heteroatoms. The lowest BCUT2D eigenvalue weighted by Crippen LogP contribution is -2.18. The lowest BCUT2D eigenvalue weighted by molar-refractivity contribution is 0.145. The summed E-state index contributed by atoms with van der Waals surface area (Å²) in [7, 11) is 1.67. The van der Waals surface area contributed by atoms with Crippen molar-refractivity contribution in [3.63, 3.8) is 0 Å². The molecule has 0 saturated heterocycles. The summed E-state index contributed by atoms with van der Waals surface area (Å²) in [5.41, 5.74) is 2.02. The van der Waals surface area contributed by atoms with E-state index in [0.717, 1.165) is 23.7 Å². The quantitative estimate of drug-likeness (QED) is 0.731. The summed E-state index contributed by atoms with van der Waals surface area (Å²) in [6, 6.07) is 4.65. The molecule has 4 nitrogen and oxygen atoms in total. The highest BCUT2D eigenvalue weighted by Crippen LogP contribution is 2.22. The molecule has 1 N–H and O–H groups in total. The minimum Gasteiger partial charge on any atom is -0.489 e. The Morgan fingerprint density at radius 3 is 2.88 bits per heavy atom. The summed E-state index contributed by atoms with van der Waals surface area (Å²) in [6.45, 7) is 3.95. The normalized spacial score (nSPS) is 14.9. The van der Waals surface area contributed by atoms with Crippen molar-refractivity contribution >= 4 is 0 Å². The molecule has 0 bridgehead atoms. The van der Waals surface area contributed by atoms with Gasteiger partial charge >= 0.3 is 0 Å². The minimum absolute atomic E-state index is 0.567. The van der Waals surface area contributed by atoms with Gasteiger partial charge in [-0.15, -0.1) is 0 Å². The average Bonchev–Trinajstić information content (AvgIpc) is 3.13. The molecule has 0 aliphatic heterocycles. The van der Waals surface area contributed by atoms with Gasteiger partial charge in [0.1, 0.15) is 12.4 Å². The van der Waals surface area contributed by atoms with E-state index in [1.165, 1.54) is 12.8 Å². The van der Waals surface area contributed by atoms with Gasteiger partial charge in [0.15, 0.2) is 0 Å². The second-order valence-corrected chi connectivity index (χ2v) is 4.39. The fraction of sp³-hybridized carbons (Fsp3) is 0.615. The Hall–Kier alpha value is -1.13. The van der Waals surface area contributed by atoms with E-state index in [1.807, 2.05) is 19.1 Å². The van der Waals surface area contributed by atoms with Gasteiger partial charge in [0.2, 0.25) is 0 Å². The van der Waals surface area contributed by atoms with E-state index in [-0.39, 0.29) is 0 Å². The Bertz CT molecular complexity index is 364. The van der Waals surface area contributed by atoms with Crippen molar-refractivity contribution in [3.05, 3.63) is 23.5 Å². The number of ether oxygens (including phenoxy) is 2. The Morgan fingerprint density at radius 2 is 2.18 bits per heavy atom. The Labute approximate surface area is 102 Å². The monoisotopic (exact) mass is 236 g/mol. The zero-order chi connectivity index (χ0) is 12.1. The minimum atomic E-state index is 0.567. The maximum absolute atomic E-state index is 5.66. The Balaban J connectivity index is 1.95. The molecule has 1 aromatic rings. The topological polar surface area (TPSA) is 43.4 Å². The average molecular weight is 236 g/mol. The van der Waals surface area contributed by atoms with Crippen LogP contribution in [0.4, 0.5) is 0 Å². The first kappa shape index (κ1) is 12.3. The summed E-state index contributed by atoms with van der Waals surface area (Å²) in [5, 5.41) is 3.46. The first-order valence-corrected chi connectivity index (χ1v) is 6.11. The molecule has 1 heterocycles. The van der Waals surface area contributed by atoms with Crippen molar-refractivity contribution in [2.75, 3.05) is 20.3 Å². The van der Waals surface area contributed by atoms with Gasteiger partial charge < -0.3 is 14.8 Å². The number of pyridine rings is 1. The summed E-state index contributed by atoms with van der Waals surface area (Å²) < 4.78 is 10.6. The van der Waals surface area contributed by atoms with Crippen LogP contribution >= 0.6 is 0 Å². The number of hydrogen-bond acceptors (Lipinski definition) is 4. The second-order valence-electron chi connectivity index (χ2n) is 4.39. The van der Waals surface area contributed by atoms with Crippen molar-refractivity contribution in [1.82, 2.24) is 10.3 Å². The van der Waals surface area contributed by atoms with Crippen molar-refractivity contribution < 1.29 is 9.47 Å². The number of nitrogens with one attached hydrogen (secondary N) is 1. The third-order valence-electron chi connectivity index (χ3n) is 2.75. The van der Waals surface area contributed by atoms with Crippen molar-refractivity contribution in [3.8, 4) is 5.75 Å². The van der Waals surface area contributed by atoms with Crippen LogP contribution in [0.3, 0.4) is 0 Å². The van der Waals surface area contributed by atoms with Crippen molar-refractivity contribution in [2.45, 2.75) is 32.4 Å². The maximum atomic E-state index is 5.66. The van der Waals surface area contributed by atoms with Crippen molar-refractivity contribution in [1.29, 1.82) is 0 Å². The van der Waals surface area contributed by atoms with Gasteiger partial charge in [-0.25, -0.2) is 0 Å². The van der Waals surface area contributed by atoms with Gasteiger partial charge in [0.05, 0.1) is 12.3 Å². The number of aromatic nitrogens is 1. The van der Waals surface area contributed by atoms with Gasteiger partial charge in [0.25, 0.3) is 0 Å². The van der Waals surface area contributed by atoms with E-state index < -0.39 is 0 Å². The summed E-state index contributed by atoms with van der Waals surface area (Å²) in [4.78, 5) is 4.52. The number of aryl methyl sites for hydroxylation is 1. The third-order valence-corrected chi connectivity index (χ3v) is 2.75. The molecule has 0 spiro atoms. The predicted molar refractivity (Wildman–Crippen MR) is 66.2 cm³/mol. The number of nitrogens with zero attached hydrogens (tertiary/aromatic N) is 1. The van der Waals surface area contributed by atoms with Crippen LogP contribution in [-0.4, -0.2) is 31.3 Å². The number of methoxy groups -OCH3 is 1. The molecule has 1 saturated carbocycles. The third kappa shape index (κ3) is 3.98. The van der Waals surface area contributed by atoms with Crippen LogP contribution in [0.1, 0.15) is 24.2 Å². The molecule has 0 aromatic carbocycles. The van der Waals surface area contributed by atoms with E-state index >= 15 is 0 Å². The van der Waals surface area contributed by atoms with Crippen LogP contribution in [0.25, 0.3) is 0 Å². The number of hydrogen-bond donors (Lipinski definition) is 1. The van der Waals surface area contributed by atoms with E-state index in [2.05, 4.69) is 10.3 Å². The van der Waals surface area contributed by atoms with Gasteiger partial charge in [-0.05, 0) is 31.9 Å². The highest BCUT2D eigenvalue weighted by molar-refractivity contribution is 5.29. The summed E-state index contributed by atoms with van der Waals surface area (Å²) >= 11 is 0. The molecule has 0 atom stereocenters. The molecule has 0 amide bonds. The Morgan fingerprint density at radius 1 is 1.35 bits per heavy atom. The molecule has 2 rings (SSSR count). The first-order valence-electron chi connectivity index (χ1n) is 6.11. The van der Waals surface area contributed by atoms with E-state index in [9.17, 15) is 0 Å². The van der Waals surface area contributed by atoms with Gasteiger partial charge in [0, 0.05) is 25.4 Å². The summed E-state index contributed by atoms with van der Waals surface area (Å²) in [5.74, 6) is 0.862. The lowest BCUT2D eigenvalue weighted by Gasteiger charge is -2.11. The molecule has 1 aromatic heterocycles. The SMILES string of the molecule is COCCOc1ccc(C)nc1CNC1CC1. The van der Waals surface area contributed by atoms with Gasteiger partial charge in [-0.1, -0.05) is 0 Å². The van der Waals surface area contributed by atoms with Crippen molar-refractivity contribution in [2.24, 2.45) is 0 Å². The molecular formula is C13H20N2O2. The largest absolute Gasteiger partial charge is 0.489 e. The zero-order valence-electron chi connectivity index (χ0n) is 10.5. The van der Waals surface area contributed by atoms with Crippen LogP contribution in [-0.2, 0) is 11.3 Å². The van der Waals surface area contributed by atoms with Crippen LogP contribution < -0.4 is 10.1 Å². The van der Waals surface area contributed by atoms with Gasteiger partial charge in [-0.3, -0.25) is 4.98 Å². The maximum Gasteiger partial charge on any atom is 0.142 e. The second kappa shape index (κ2) is 5.98. The first-order chi connectivity index (χ1) is 8.29. The molecule has 17 heavy (non-hydrogen) atoms. The highest BCUT2D eigenvalue weighted by atomic mass is 16.5. The predicted octanol–water partition coefficient (Wildman–Crippen LogP) is 1.67. The molecule has 1 aliphatic rings. The molecule has 0 radical (unpaired) electrons. The zero-order valence-corrected chi connectivity index (χ0v) is 10.5. The smallest absolute Gasteiger partial charge is 0.142 e. The highest BCUT2D eigenvalue weighted by Gasteiger charge is 2.21. The molecule has 94 valence electrons. The summed E-state index contributed by atoms with van der Waals surface area (Å²) in [6.07, 6.45) is 2.57. The van der Waals surface area contributed by atoms with Crippen LogP contribution in [0.15, 0.2) is 12.1 Å².